The molecule has 4 heteroatoms. The van der Waals surface area contributed by atoms with Crippen LogP contribution in [0.1, 0.15) is 18.9 Å². The van der Waals surface area contributed by atoms with E-state index in [9.17, 15) is 4.79 Å². The summed E-state index contributed by atoms with van der Waals surface area (Å²) in [5, 5.41) is 0.655. The van der Waals surface area contributed by atoms with Gasteiger partial charge in [-0.1, -0.05) is 35.9 Å². The summed E-state index contributed by atoms with van der Waals surface area (Å²) in [5.74, 6) is 0. The molecule has 1 fully saturated rings. The van der Waals surface area contributed by atoms with E-state index >= 15 is 0 Å². The second-order valence-corrected chi connectivity index (χ2v) is 5.80. The van der Waals surface area contributed by atoms with Crippen LogP contribution in [0.4, 0.5) is 0 Å². The zero-order chi connectivity index (χ0) is 14.4. The minimum atomic E-state index is -0.0153. The number of fused-ring (bicyclic) bond motifs is 1. The molecule has 1 heterocycles. The lowest BCUT2D eigenvalue weighted by Crippen LogP contribution is -2.22. The van der Waals surface area contributed by atoms with Gasteiger partial charge in [-0.05, 0) is 37.1 Å². The Morgan fingerprint density at radius 3 is 2.48 bits per heavy atom. The molecule has 3 aromatic rings. The SMILES string of the molecule is O=c1c(-c2ccc(Cl)cc2)nc2ccccc2n1C1CC1. The van der Waals surface area contributed by atoms with E-state index in [0.29, 0.717) is 16.8 Å². The zero-order valence-corrected chi connectivity index (χ0v) is 12.0. The first kappa shape index (κ1) is 12.6. The number of halogens is 1. The molecule has 1 saturated carbocycles. The minimum Gasteiger partial charge on any atom is -0.302 e. The standard InChI is InChI=1S/C17H13ClN2O/c18-12-7-5-11(6-8-12)16-17(21)20(13-9-10-13)15-4-2-1-3-14(15)19-16/h1-8,13H,9-10H2. The fraction of sp³-hybridized carbons (Fsp3) is 0.176. The van der Waals surface area contributed by atoms with Gasteiger partial charge in [0.1, 0.15) is 5.69 Å². The van der Waals surface area contributed by atoms with Crippen LogP contribution in [0.2, 0.25) is 5.02 Å². The van der Waals surface area contributed by atoms with Gasteiger partial charge in [0.15, 0.2) is 0 Å². The van der Waals surface area contributed by atoms with Crippen LogP contribution in [-0.4, -0.2) is 9.55 Å². The average molecular weight is 297 g/mol. The number of aromatic nitrogens is 2. The molecule has 2 aromatic carbocycles. The zero-order valence-electron chi connectivity index (χ0n) is 11.3. The fourth-order valence-corrected chi connectivity index (χ4v) is 2.77. The third kappa shape index (κ3) is 2.14. The van der Waals surface area contributed by atoms with Crippen molar-refractivity contribution in [3.05, 3.63) is 63.9 Å². The topological polar surface area (TPSA) is 34.9 Å². The number of nitrogens with zero attached hydrogens (tertiary/aromatic N) is 2. The monoisotopic (exact) mass is 296 g/mol. The van der Waals surface area contributed by atoms with Gasteiger partial charge < -0.3 is 4.57 Å². The van der Waals surface area contributed by atoms with Crippen molar-refractivity contribution in [2.45, 2.75) is 18.9 Å². The molecule has 1 aliphatic rings. The van der Waals surface area contributed by atoms with Crippen LogP contribution in [0.15, 0.2) is 53.3 Å². The highest BCUT2D eigenvalue weighted by atomic mass is 35.5. The Morgan fingerprint density at radius 2 is 1.76 bits per heavy atom. The molecule has 0 unspecified atom stereocenters. The van der Waals surface area contributed by atoms with Gasteiger partial charge >= 0.3 is 0 Å². The molecule has 21 heavy (non-hydrogen) atoms. The third-order valence-corrected chi connectivity index (χ3v) is 4.08. The molecule has 1 aliphatic carbocycles. The van der Waals surface area contributed by atoms with E-state index in [1.165, 1.54) is 0 Å². The van der Waals surface area contributed by atoms with Crippen molar-refractivity contribution in [1.29, 1.82) is 0 Å². The smallest absolute Gasteiger partial charge is 0.277 e. The summed E-state index contributed by atoms with van der Waals surface area (Å²) in [6.07, 6.45) is 2.13. The maximum absolute atomic E-state index is 12.8. The summed E-state index contributed by atoms with van der Waals surface area (Å²) < 4.78 is 1.90. The van der Waals surface area contributed by atoms with Crippen molar-refractivity contribution in [1.82, 2.24) is 9.55 Å². The third-order valence-electron chi connectivity index (χ3n) is 3.82. The molecule has 0 amide bonds. The van der Waals surface area contributed by atoms with Crippen LogP contribution in [0.5, 0.6) is 0 Å². The Labute approximate surface area is 126 Å². The average Bonchev–Trinajstić information content (AvgIpc) is 3.32. The van der Waals surface area contributed by atoms with Gasteiger partial charge in [-0.15, -0.1) is 0 Å². The van der Waals surface area contributed by atoms with Crippen molar-refractivity contribution in [2.75, 3.05) is 0 Å². The van der Waals surface area contributed by atoms with Gasteiger partial charge in [0, 0.05) is 16.6 Å². The first-order valence-corrected chi connectivity index (χ1v) is 7.39. The normalized spacial score (nSPS) is 14.5. The lowest BCUT2D eigenvalue weighted by molar-refractivity contribution is 0.735. The van der Waals surface area contributed by atoms with Crippen LogP contribution in [0.3, 0.4) is 0 Å². The maximum Gasteiger partial charge on any atom is 0.277 e. The molecule has 4 rings (SSSR count). The van der Waals surface area contributed by atoms with Gasteiger partial charge in [0.25, 0.3) is 5.56 Å². The molecule has 104 valence electrons. The van der Waals surface area contributed by atoms with Crippen molar-refractivity contribution in [3.8, 4) is 11.3 Å². The summed E-state index contributed by atoms with van der Waals surface area (Å²) in [6.45, 7) is 0. The first-order valence-electron chi connectivity index (χ1n) is 7.01. The summed E-state index contributed by atoms with van der Waals surface area (Å²) in [4.78, 5) is 17.4. The van der Waals surface area contributed by atoms with Gasteiger partial charge in [0.05, 0.1) is 11.0 Å². The highest BCUT2D eigenvalue weighted by Crippen LogP contribution is 2.36. The van der Waals surface area contributed by atoms with Gasteiger partial charge in [0.2, 0.25) is 0 Å². The summed E-state index contributed by atoms with van der Waals surface area (Å²) in [7, 11) is 0. The predicted molar refractivity (Wildman–Crippen MR) is 84.7 cm³/mol. The molecule has 0 radical (unpaired) electrons. The second kappa shape index (κ2) is 4.71. The van der Waals surface area contributed by atoms with E-state index < -0.39 is 0 Å². The van der Waals surface area contributed by atoms with Crippen LogP contribution >= 0.6 is 11.6 Å². The maximum atomic E-state index is 12.8. The minimum absolute atomic E-state index is 0.0153. The molecule has 0 saturated heterocycles. The molecule has 3 nitrogen and oxygen atoms in total. The molecule has 0 atom stereocenters. The largest absolute Gasteiger partial charge is 0.302 e. The predicted octanol–water partition coefficient (Wildman–Crippen LogP) is 4.05. The lowest BCUT2D eigenvalue weighted by Gasteiger charge is -2.11. The van der Waals surface area contributed by atoms with Crippen LogP contribution in [0, 0.1) is 0 Å². The quantitative estimate of drug-likeness (QED) is 0.715. The Balaban J connectivity index is 2.03. The molecule has 0 bridgehead atoms. The van der Waals surface area contributed by atoms with E-state index in [1.54, 1.807) is 12.1 Å². The molecular formula is C17H13ClN2O. The summed E-state index contributed by atoms with van der Waals surface area (Å²) in [5.41, 5.74) is 3.07. The number of hydrogen-bond acceptors (Lipinski definition) is 2. The fourth-order valence-electron chi connectivity index (χ4n) is 2.65. The second-order valence-electron chi connectivity index (χ2n) is 5.36. The van der Waals surface area contributed by atoms with Gasteiger partial charge in [-0.3, -0.25) is 4.79 Å². The van der Waals surface area contributed by atoms with E-state index in [4.69, 9.17) is 11.6 Å². The summed E-state index contributed by atoms with van der Waals surface area (Å²) in [6, 6.07) is 15.4. The van der Waals surface area contributed by atoms with Crippen LogP contribution < -0.4 is 5.56 Å². The molecule has 0 spiro atoms. The van der Waals surface area contributed by atoms with E-state index in [2.05, 4.69) is 4.98 Å². The lowest BCUT2D eigenvalue weighted by atomic mass is 10.1. The van der Waals surface area contributed by atoms with Crippen LogP contribution in [-0.2, 0) is 0 Å². The van der Waals surface area contributed by atoms with Gasteiger partial charge in [-0.2, -0.15) is 0 Å². The van der Waals surface area contributed by atoms with E-state index in [0.717, 1.165) is 29.4 Å². The van der Waals surface area contributed by atoms with E-state index in [-0.39, 0.29) is 5.56 Å². The first-order chi connectivity index (χ1) is 10.2. The van der Waals surface area contributed by atoms with Crippen LogP contribution in [0.25, 0.3) is 22.3 Å². The number of rotatable bonds is 2. The highest BCUT2D eigenvalue weighted by molar-refractivity contribution is 6.30. The van der Waals surface area contributed by atoms with Crippen molar-refractivity contribution < 1.29 is 0 Å². The van der Waals surface area contributed by atoms with Crippen molar-refractivity contribution in [3.63, 3.8) is 0 Å². The summed E-state index contributed by atoms with van der Waals surface area (Å²) >= 11 is 5.92. The Kier molecular flexibility index (Phi) is 2.82. The molecule has 1 aromatic heterocycles. The molecule has 0 aliphatic heterocycles. The molecular weight excluding hydrogens is 284 g/mol. The number of hydrogen-bond donors (Lipinski definition) is 0. The van der Waals surface area contributed by atoms with Crippen molar-refractivity contribution >= 4 is 22.6 Å². The Bertz CT molecular complexity index is 879. The van der Waals surface area contributed by atoms with Gasteiger partial charge in [-0.25, -0.2) is 4.98 Å². The van der Waals surface area contributed by atoms with Crippen molar-refractivity contribution in [2.24, 2.45) is 0 Å². The molecule has 0 N–H and O–H groups in total. The van der Waals surface area contributed by atoms with E-state index in [1.807, 2.05) is 41.0 Å². The Hall–Kier alpha value is -2.13. The Morgan fingerprint density at radius 1 is 1.05 bits per heavy atom. The number of benzene rings is 2. The number of para-hydroxylation sites is 2. The highest BCUT2D eigenvalue weighted by Gasteiger charge is 2.27.